The predicted octanol–water partition coefficient (Wildman–Crippen LogP) is 8.04. The number of phenols is 1. The number of piperidine rings is 1. The van der Waals surface area contributed by atoms with E-state index >= 15 is 0 Å². The maximum absolute atomic E-state index is 13.9. The van der Waals surface area contributed by atoms with Crippen molar-refractivity contribution in [3.8, 4) is 33.1 Å². The Kier molecular flexibility index (Phi) is 7.44. The summed E-state index contributed by atoms with van der Waals surface area (Å²) < 4.78 is 6.87. The van der Waals surface area contributed by atoms with Crippen molar-refractivity contribution in [2.75, 3.05) is 26.2 Å². The lowest BCUT2D eigenvalue weighted by molar-refractivity contribution is 0.104. The van der Waals surface area contributed by atoms with Crippen LogP contribution in [0, 0.1) is 0 Å². The molecule has 1 fully saturated rings. The number of aromatic hydroxyl groups is 1. The lowest BCUT2D eigenvalue weighted by Crippen LogP contribution is -2.33. The lowest BCUT2D eigenvalue weighted by Gasteiger charge is -2.26. The summed E-state index contributed by atoms with van der Waals surface area (Å²) in [5.41, 5.74) is 4.55. The van der Waals surface area contributed by atoms with Gasteiger partial charge in [-0.3, -0.25) is 9.69 Å². The minimum atomic E-state index is -0.0334. The number of nitrogens with zero attached hydrogens (tertiary/aromatic N) is 1. The summed E-state index contributed by atoms with van der Waals surface area (Å²) in [4.78, 5) is 17.3. The van der Waals surface area contributed by atoms with Gasteiger partial charge in [0.15, 0.2) is 5.78 Å². The summed E-state index contributed by atoms with van der Waals surface area (Å²) in [5.74, 6) is 0.939. The first-order valence-electron chi connectivity index (χ1n) is 13.6. The average Bonchev–Trinajstić information content (AvgIpc) is 3.37. The van der Waals surface area contributed by atoms with Crippen molar-refractivity contribution in [2.45, 2.75) is 19.3 Å². The third-order valence-electron chi connectivity index (χ3n) is 7.40. The van der Waals surface area contributed by atoms with Crippen LogP contribution in [-0.2, 0) is 0 Å². The Labute approximate surface area is 233 Å². The number of rotatable bonds is 8. The number of carbonyl (C=O) groups is 1. The Bertz CT molecular complexity index is 1570. The zero-order valence-electron chi connectivity index (χ0n) is 21.8. The monoisotopic (exact) mass is 533 g/mol. The summed E-state index contributed by atoms with van der Waals surface area (Å²) in [5, 5.41) is 11.0. The quantitative estimate of drug-likeness (QED) is 0.205. The fourth-order valence-corrected chi connectivity index (χ4v) is 6.52. The highest BCUT2D eigenvalue weighted by Crippen LogP contribution is 2.41. The molecule has 0 unspecified atom stereocenters. The molecule has 0 atom stereocenters. The molecule has 0 spiro atoms. The molecule has 0 aliphatic carbocycles. The molecule has 5 aromatic rings. The van der Waals surface area contributed by atoms with Crippen LogP contribution in [0.25, 0.3) is 31.7 Å². The molecule has 1 aromatic heterocycles. The Morgan fingerprint density at radius 2 is 1.49 bits per heavy atom. The van der Waals surface area contributed by atoms with E-state index in [1.807, 2.05) is 48.5 Å². The van der Waals surface area contributed by atoms with Gasteiger partial charge in [-0.05, 0) is 85.1 Å². The Balaban J connectivity index is 1.26. The SMILES string of the molecule is O=C(c1ccc(OCCN2CCCCC2)cc1)c1c(-c2ccc(-c3ccccc3)cc2)sc2cc(O)ccc12. The van der Waals surface area contributed by atoms with Crippen LogP contribution in [-0.4, -0.2) is 42.0 Å². The number of thiophene rings is 1. The first-order chi connectivity index (χ1) is 19.2. The Morgan fingerprint density at radius 3 is 2.23 bits per heavy atom. The van der Waals surface area contributed by atoms with Crippen molar-refractivity contribution in [3.63, 3.8) is 0 Å². The standard InChI is InChI=1S/C34H31NO3S/c36-28-15-18-30-31(23-28)39-34(27-11-9-25(10-12-27)24-7-3-1-4-8-24)32(30)33(37)26-13-16-29(17-14-26)38-22-21-35-19-5-2-6-20-35/h1,3-4,7-18,23,36H,2,5-6,19-22H2. The number of likely N-dealkylation sites (tertiary alicyclic amines) is 1. The van der Waals surface area contributed by atoms with Crippen LogP contribution in [0.1, 0.15) is 35.2 Å². The number of fused-ring (bicyclic) bond motifs is 1. The molecule has 1 aliphatic heterocycles. The molecular formula is C34H31NO3S. The van der Waals surface area contributed by atoms with Gasteiger partial charge in [0.1, 0.15) is 18.1 Å². The molecular weight excluding hydrogens is 502 g/mol. The first-order valence-corrected chi connectivity index (χ1v) is 14.4. The van der Waals surface area contributed by atoms with E-state index in [4.69, 9.17) is 4.74 Å². The van der Waals surface area contributed by atoms with Crippen LogP contribution >= 0.6 is 11.3 Å². The minimum Gasteiger partial charge on any atom is -0.508 e. The second-order valence-corrected chi connectivity index (χ2v) is 11.1. The van der Waals surface area contributed by atoms with Gasteiger partial charge in [0, 0.05) is 32.6 Å². The van der Waals surface area contributed by atoms with Crippen molar-refractivity contribution < 1.29 is 14.6 Å². The molecule has 6 rings (SSSR count). The molecule has 1 N–H and O–H groups in total. The van der Waals surface area contributed by atoms with Crippen molar-refractivity contribution in [1.82, 2.24) is 4.90 Å². The second kappa shape index (κ2) is 11.4. The largest absolute Gasteiger partial charge is 0.508 e. The number of carbonyl (C=O) groups excluding carboxylic acids is 1. The van der Waals surface area contributed by atoms with Gasteiger partial charge >= 0.3 is 0 Å². The molecule has 5 heteroatoms. The summed E-state index contributed by atoms with van der Waals surface area (Å²) in [6.45, 7) is 3.89. The number of phenolic OH excluding ortho intramolecular Hbond substituents is 1. The van der Waals surface area contributed by atoms with Crippen molar-refractivity contribution >= 4 is 27.2 Å². The normalized spacial score (nSPS) is 13.9. The molecule has 1 saturated heterocycles. The van der Waals surface area contributed by atoms with Gasteiger partial charge < -0.3 is 9.84 Å². The van der Waals surface area contributed by atoms with E-state index in [-0.39, 0.29) is 11.5 Å². The van der Waals surface area contributed by atoms with Crippen LogP contribution < -0.4 is 4.74 Å². The van der Waals surface area contributed by atoms with Crippen LogP contribution in [0.5, 0.6) is 11.5 Å². The van der Waals surface area contributed by atoms with Crippen LogP contribution in [0.15, 0.2) is 97.1 Å². The van der Waals surface area contributed by atoms with Gasteiger partial charge in [-0.15, -0.1) is 11.3 Å². The van der Waals surface area contributed by atoms with Crippen LogP contribution in [0.2, 0.25) is 0 Å². The van der Waals surface area contributed by atoms with Crippen LogP contribution in [0.3, 0.4) is 0 Å². The molecule has 4 aromatic carbocycles. The number of hydrogen-bond donors (Lipinski definition) is 1. The summed E-state index contributed by atoms with van der Waals surface area (Å²) in [6, 6.07) is 31.3. The zero-order chi connectivity index (χ0) is 26.6. The summed E-state index contributed by atoms with van der Waals surface area (Å²) in [6.07, 6.45) is 3.87. The van der Waals surface area contributed by atoms with E-state index in [0.29, 0.717) is 17.7 Å². The van der Waals surface area contributed by atoms with Crippen molar-refractivity contribution in [3.05, 3.63) is 108 Å². The topological polar surface area (TPSA) is 49.8 Å². The number of hydrogen-bond acceptors (Lipinski definition) is 5. The fraction of sp³-hybridized carbons (Fsp3) is 0.206. The zero-order valence-corrected chi connectivity index (χ0v) is 22.6. The highest BCUT2D eigenvalue weighted by atomic mass is 32.1. The van der Waals surface area contributed by atoms with Gasteiger partial charge in [0.25, 0.3) is 0 Å². The summed E-state index contributed by atoms with van der Waals surface area (Å²) >= 11 is 1.53. The van der Waals surface area contributed by atoms with E-state index in [2.05, 4.69) is 41.3 Å². The molecule has 39 heavy (non-hydrogen) atoms. The third-order valence-corrected chi connectivity index (χ3v) is 8.60. The van der Waals surface area contributed by atoms with E-state index in [1.165, 1.54) is 30.6 Å². The van der Waals surface area contributed by atoms with Gasteiger partial charge in [-0.25, -0.2) is 0 Å². The molecule has 2 heterocycles. The van der Waals surface area contributed by atoms with Crippen molar-refractivity contribution in [1.29, 1.82) is 0 Å². The smallest absolute Gasteiger partial charge is 0.195 e. The van der Waals surface area contributed by atoms with E-state index in [0.717, 1.165) is 57.0 Å². The molecule has 4 nitrogen and oxygen atoms in total. The minimum absolute atomic E-state index is 0.0334. The maximum atomic E-state index is 13.9. The van der Waals surface area contributed by atoms with Gasteiger partial charge in [0.2, 0.25) is 0 Å². The number of ether oxygens (including phenoxy) is 1. The molecule has 0 saturated carbocycles. The average molecular weight is 534 g/mol. The Hall–Kier alpha value is -3.93. The highest BCUT2D eigenvalue weighted by molar-refractivity contribution is 7.22. The Morgan fingerprint density at radius 1 is 0.795 bits per heavy atom. The van der Waals surface area contributed by atoms with Gasteiger partial charge in [0.05, 0.1) is 0 Å². The lowest BCUT2D eigenvalue weighted by atomic mass is 9.96. The summed E-state index contributed by atoms with van der Waals surface area (Å²) in [7, 11) is 0. The second-order valence-electron chi connectivity index (χ2n) is 10.0. The molecule has 0 bridgehead atoms. The third kappa shape index (κ3) is 5.60. The molecule has 196 valence electrons. The number of benzene rings is 4. The van der Waals surface area contributed by atoms with Crippen LogP contribution in [0.4, 0.5) is 0 Å². The van der Waals surface area contributed by atoms with Gasteiger partial charge in [-0.2, -0.15) is 0 Å². The first kappa shape index (κ1) is 25.4. The van der Waals surface area contributed by atoms with E-state index in [9.17, 15) is 9.90 Å². The highest BCUT2D eigenvalue weighted by Gasteiger charge is 2.22. The molecule has 0 amide bonds. The van der Waals surface area contributed by atoms with E-state index < -0.39 is 0 Å². The molecule has 1 aliphatic rings. The molecule has 0 radical (unpaired) electrons. The fourth-order valence-electron chi connectivity index (χ4n) is 5.28. The van der Waals surface area contributed by atoms with Gasteiger partial charge in [-0.1, -0.05) is 61.0 Å². The number of ketones is 1. The predicted molar refractivity (Wildman–Crippen MR) is 160 cm³/mol. The maximum Gasteiger partial charge on any atom is 0.195 e. The van der Waals surface area contributed by atoms with Crippen molar-refractivity contribution in [2.24, 2.45) is 0 Å². The van der Waals surface area contributed by atoms with E-state index in [1.54, 1.807) is 12.1 Å².